The molecule has 4 aromatic rings. The van der Waals surface area contributed by atoms with Gasteiger partial charge in [-0.3, -0.25) is 14.6 Å². The number of aromatic nitrogens is 5. The van der Waals surface area contributed by atoms with Gasteiger partial charge in [0.05, 0.1) is 29.9 Å². The number of methoxy groups -OCH3 is 1. The largest absolute Gasteiger partial charge is 0.493 e. The third kappa shape index (κ3) is 5.55. The zero-order chi connectivity index (χ0) is 25.9. The van der Waals surface area contributed by atoms with E-state index in [1.54, 1.807) is 30.1 Å². The third-order valence-electron chi connectivity index (χ3n) is 6.68. The van der Waals surface area contributed by atoms with E-state index in [1.807, 2.05) is 25.2 Å². The Hall–Kier alpha value is -3.63. The summed E-state index contributed by atoms with van der Waals surface area (Å²) in [6, 6.07) is 9.36. The Morgan fingerprint density at radius 2 is 2.03 bits per heavy atom. The number of benzene rings is 2. The van der Waals surface area contributed by atoms with Gasteiger partial charge >= 0.3 is 0 Å². The monoisotopic (exact) mass is 524 g/mol. The molecule has 5 rings (SSSR count). The van der Waals surface area contributed by atoms with Gasteiger partial charge in [-0.15, -0.1) is 0 Å². The van der Waals surface area contributed by atoms with Crippen molar-refractivity contribution in [1.82, 2.24) is 30.3 Å². The number of halogens is 1. The molecule has 0 atom stereocenters. The van der Waals surface area contributed by atoms with Gasteiger partial charge < -0.3 is 19.9 Å². The average Bonchev–Trinajstić information content (AvgIpc) is 3.53. The highest BCUT2D eigenvalue weighted by Crippen LogP contribution is 2.32. The number of aliphatic hydroxyl groups is 1. The zero-order valence-corrected chi connectivity index (χ0v) is 21.5. The Kier molecular flexibility index (Phi) is 7.29. The van der Waals surface area contributed by atoms with Gasteiger partial charge in [-0.2, -0.15) is 10.2 Å². The van der Waals surface area contributed by atoms with Crippen molar-refractivity contribution in [3.8, 4) is 22.9 Å². The number of nitrogens with one attached hydrogen (secondary N) is 2. The van der Waals surface area contributed by atoms with Crippen molar-refractivity contribution in [3.63, 3.8) is 0 Å². The van der Waals surface area contributed by atoms with Gasteiger partial charge in [0.2, 0.25) is 0 Å². The number of nitrogens with zero attached hydrogens (tertiary/aromatic N) is 4. The third-order valence-corrected chi connectivity index (χ3v) is 7.13. The summed E-state index contributed by atoms with van der Waals surface area (Å²) in [6.45, 7) is -0.123. The van der Waals surface area contributed by atoms with Crippen LogP contribution in [-0.4, -0.2) is 61.8 Å². The molecule has 1 saturated carbocycles. The minimum Gasteiger partial charge on any atom is -0.493 e. The predicted molar refractivity (Wildman–Crippen MR) is 139 cm³/mol. The summed E-state index contributed by atoms with van der Waals surface area (Å²) in [4.78, 5) is 17.1. The highest BCUT2D eigenvalue weighted by molar-refractivity contribution is 6.36. The quantitative estimate of drug-likeness (QED) is 0.322. The van der Waals surface area contributed by atoms with Gasteiger partial charge in [-0.05, 0) is 55.5 Å². The number of fused-ring (bicyclic) bond motifs is 1. The van der Waals surface area contributed by atoms with Crippen LogP contribution in [0.15, 0.2) is 36.5 Å². The van der Waals surface area contributed by atoms with Gasteiger partial charge in [0, 0.05) is 30.5 Å². The van der Waals surface area contributed by atoms with Crippen molar-refractivity contribution in [2.75, 3.05) is 13.7 Å². The van der Waals surface area contributed by atoms with Crippen LogP contribution in [0.1, 0.15) is 37.1 Å². The molecule has 1 aliphatic carbocycles. The van der Waals surface area contributed by atoms with Crippen LogP contribution in [0.25, 0.3) is 22.3 Å². The highest BCUT2D eigenvalue weighted by Gasteiger charge is 2.21. The number of aryl methyl sites for hydroxylation is 1. The van der Waals surface area contributed by atoms with Gasteiger partial charge in [0.1, 0.15) is 5.82 Å². The second-order valence-electron chi connectivity index (χ2n) is 9.25. The molecule has 2 aromatic heterocycles. The fourth-order valence-corrected chi connectivity index (χ4v) is 4.87. The number of carbonyl (C=O) groups excluding carboxylic acids is 1. The smallest absolute Gasteiger partial charge is 0.258 e. The molecule has 194 valence electrons. The number of aromatic amines is 1. The fourth-order valence-electron chi connectivity index (χ4n) is 4.59. The number of hydrogen-bond donors (Lipinski definition) is 3. The number of amides is 1. The molecule has 0 aliphatic heterocycles. The van der Waals surface area contributed by atoms with E-state index in [2.05, 4.69) is 20.6 Å². The number of aliphatic hydroxyl groups excluding tert-OH is 1. The number of hydrogen-bond acceptors (Lipinski definition) is 7. The molecule has 2 heterocycles. The Labute approximate surface area is 218 Å². The van der Waals surface area contributed by atoms with E-state index >= 15 is 0 Å². The van der Waals surface area contributed by atoms with Crippen LogP contribution in [0, 0.1) is 0 Å². The Morgan fingerprint density at radius 1 is 1.22 bits per heavy atom. The van der Waals surface area contributed by atoms with E-state index in [9.17, 15) is 9.90 Å². The van der Waals surface area contributed by atoms with Crippen LogP contribution in [-0.2, 0) is 18.3 Å². The molecule has 10 nitrogen and oxygen atoms in total. The number of ether oxygens (including phenoxy) is 2. The number of H-pyrrole nitrogens is 1. The van der Waals surface area contributed by atoms with E-state index in [4.69, 9.17) is 26.1 Å². The maximum absolute atomic E-state index is 12.3. The SMILES string of the molecule is COc1cc(-c2nc(Cc3ccc4[nH]ncc4c3Cl)n(C)n2)ccc1OCC(=O)NC1CCC(O)CC1. The predicted octanol–water partition coefficient (Wildman–Crippen LogP) is 3.41. The summed E-state index contributed by atoms with van der Waals surface area (Å²) in [5.41, 5.74) is 2.57. The Bertz CT molecular complexity index is 1410. The molecule has 3 N–H and O–H groups in total. The first-order valence-corrected chi connectivity index (χ1v) is 12.6. The van der Waals surface area contributed by atoms with Crippen molar-refractivity contribution >= 4 is 28.4 Å². The Morgan fingerprint density at radius 3 is 2.81 bits per heavy atom. The van der Waals surface area contributed by atoms with Gasteiger partial charge in [-0.1, -0.05) is 17.7 Å². The van der Waals surface area contributed by atoms with Crippen LogP contribution >= 0.6 is 11.6 Å². The maximum Gasteiger partial charge on any atom is 0.258 e. The molecular formula is C26H29ClN6O4. The minimum atomic E-state index is -0.263. The molecular weight excluding hydrogens is 496 g/mol. The lowest BCUT2D eigenvalue weighted by Crippen LogP contribution is -2.40. The first-order valence-electron chi connectivity index (χ1n) is 12.2. The van der Waals surface area contributed by atoms with E-state index in [-0.39, 0.29) is 24.7 Å². The van der Waals surface area contributed by atoms with Crippen molar-refractivity contribution in [2.45, 2.75) is 44.2 Å². The van der Waals surface area contributed by atoms with Gasteiger partial charge in [-0.25, -0.2) is 4.98 Å². The molecule has 0 saturated heterocycles. The summed E-state index contributed by atoms with van der Waals surface area (Å²) in [5.74, 6) is 2.03. The lowest BCUT2D eigenvalue weighted by atomic mass is 9.93. The molecule has 0 bridgehead atoms. The summed E-state index contributed by atoms with van der Waals surface area (Å²) >= 11 is 6.59. The van der Waals surface area contributed by atoms with Crippen LogP contribution < -0.4 is 14.8 Å². The molecule has 0 unspecified atom stereocenters. The van der Waals surface area contributed by atoms with E-state index in [0.717, 1.165) is 40.7 Å². The lowest BCUT2D eigenvalue weighted by molar-refractivity contribution is -0.124. The average molecular weight is 525 g/mol. The van der Waals surface area contributed by atoms with E-state index in [1.165, 1.54) is 0 Å². The number of rotatable bonds is 8. The molecule has 2 aromatic carbocycles. The zero-order valence-electron chi connectivity index (χ0n) is 20.7. The summed E-state index contributed by atoms with van der Waals surface area (Å²) < 4.78 is 13.0. The molecule has 1 amide bonds. The second kappa shape index (κ2) is 10.8. The first-order chi connectivity index (χ1) is 17.9. The van der Waals surface area contributed by atoms with Gasteiger partial charge in [0.25, 0.3) is 5.91 Å². The van der Waals surface area contributed by atoms with Crippen molar-refractivity contribution in [3.05, 3.63) is 52.9 Å². The first kappa shape index (κ1) is 25.0. The summed E-state index contributed by atoms with van der Waals surface area (Å²) in [5, 5.41) is 25.7. The summed E-state index contributed by atoms with van der Waals surface area (Å²) in [6.07, 6.45) is 4.91. The standard InChI is InChI=1S/C26H29ClN6O4/c1-33-23(12-15-3-9-20-19(25(15)27)13-28-31-20)30-26(32-33)16-4-10-21(22(11-16)36-2)37-14-24(35)29-17-5-7-18(34)8-6-17/h3-4,9-11,13,17-18,34H,5-8,12,14H2,1-2H3,(H,28,31)(H,29,35). The second-order valence-corrected chi connectivity index (χ2v) is 9.63. The molecule has 0 spiro atoms. The summed E-state index contributed by atoms with van der Waals surface area (Å²) in [7, 11) is 3.39. The van der Waals surface area contributed by atoms with Crippen LogP contribution in [0.5, 0.6) is 11.5 Å². The van der Waals surface area contributed by atoms with Crippen LogP contribution in [0.4, 0.5) is 0 Å². The van der Waals surface area contributed by atoms with E-state index < -0.39 is 0 Å². The fraction of sp³-hybridized carbons (Fsp3) is 0.385. The van der Waals surface area contributed by atoms with Crippen molar-refractivity contribution < 1.29 is 19.4 Å². The van der Waals surface area contributed by atoms with Crippen LogP contribution in [0.2, 0.25) is 5.02 Å². The minimum absolute atomic E-state index is 0.0738. The topological polar surface area (TPSA) is 127 Å². The molecule has 1 aliphatic rings. The Balaban J connectivity index is 1.26. The van der Waals surface area contributed by atoms with Gasteiger partial charge in [0.15, 0.2) is 23.9 Å². The normalized spacial score (nSPS) is 17.6. The van der Waals surface area contributed by atoms with E-state index in [0.29, 0.717) is 41.6 Å². The van der Waals surface area contributed by atoms with Crippen molar-refractivity contribution in [2.24, 2.45) is 7.05 Å². The maximum atomic E-state index is 12.3. The molecule has 37 heavy (non-hydrogen) atoms. The molecule has 0 radical (unpaired) electrons. The highest BCUT2D eigenvalue weighted by atomic mass is 35.5. The van der Waals surface area contributed by atoms with Crippen molar-refractivity contribution in [1.29, 1.82) is 0 Å². The van der Waals surface area contributed by atoms with Crippen LogP contribution in [0.3, 0.4) is 0 Å². The lowest BCUT2D eigenvalue weighted by Gasteiger charge is -2.26. The molecule has 1 fully saturated rings. The molecule has 11 heteroatoms. The number of carbonyl (C=O) groups is 1.